The van der Waals surface area contributed by atoms with Gasteiger partial charge in [-0.2, -0.15) is 9.97 Å². The highest BCUT2D eigenvalue weighted by Gasteiger charge is 2.23. The Bertz CT molecular complexity index is 3820. The number of hydrogen-bond acceptors (Lipinski definition) is 5. The van der Waals surface area contributed by atoms with Crippen molar-refractivity contribution in [2.24, 2.45) is 0 Å². The average molecular weight is 809 g/mol. The van der Waals surface area contributed by atoms with Crippen molar-refractivity contribution in [1.29, 1.82) is 0 Å². The second kappa shape index (κ2) is 14.1. The molecule has 0 bridgehead atoms. The Balaban J connectivity index is 0.986. The standard InChI is InChI=1S/C57H36N4O2/c1-4-15-35(16-5-1)38-21-12-22-39(31-38)41-24-14-28-50-53(41)45-30-29-40(32-51(45)62-50)56-58-55(37-19-8-3-9-20-37)59-57(60-56)61-48-27-11-10-23-43(48)46-33-47-44-26-13-25-42(36-17-6-2-7-18-36)54(44)63-52(47)34-49(46)61/h1-21,23-34,39H,22H2. The molecule has 1 aliphatic rings. The van der Waals surface area contributed by atoms with E-state index in [2.05, 4.69) is 168 Å². The molecule has 0 amide bonds. The molecule has 13 rings (SSSR count). The van der Waals surface area contributed by atoms with E-state index in [0.717, 1.165) is 94.4 Å². The molecular weight excluding hydrogens is 773 g/mol. The molecule has 12 aromatic rings. The van der Waals surface area contributed by atoms with Crippen LogP contribution in [0.3, 0.4) is 0 Å². The van der Waals surface area contributed by atoms with E-state index in [1.807, 2.05) is 36.4 Å². The quantitative estimate of drug-likeness (QED) is 0.167. The number of aromatic nitrogens is 4. The first-order valence-electron chi connectivity index (χ1n) is 21.4. The molecule has 0 spiro atoms. The molecule has 4 aromatic heterocycles. The van der Waals surface area contributed by atoms with E-state index in [0.29, 0.717) is 17.6 Å². The van der Waals surface area contributed by atoms with Gasteiger partial charge in [0.05, 0.1) is 11.0 Å². The zero-order chi connectivity index (χ0) is 41.4. The Labute approximate surface area is 361 Å². The molecule has 8 aromatic carbocycles. The Morgan fingerprint density at radius 1 is 0.460 bits per heavy atom. The third kappa shape index (κ3) is 5.76. The van der Waals surface area contributed by atoms with E-state index in [4.69, 9.17) is 23.8 Å². The van der Waals surface area contributed by atoms with Crippen LogP contribution in [-0.4, -0.2) is 19.5 Å². The summed E-state index contributed by atoms with van der Waals surface area (Å²) in [6.07, 6.45) is 7.84. The molecular formula is C57H36N4O2. The van der Waals surface area contributed by atoms with Crippen molar-refractivity contribution in [2.45, 2.75) is 12.3 Å². The van der Waals surface area contributed by atoms with Gasteiger partial charge in [0.1, 0.15) is 22.3 Å². The number of fused-ring (bicyclic) bond motifs is 9. The molecule has 0 saturated carbocycles. The van der Waals surface area contributed by atoms with Crippen LogP contribution in [-0.2, 0) is 0 Å². The van der Waals surface area contributed by atoms with Gasteiger partial charge in [0.2, 0.25) is 5.95 Å². The maximum Gasteiger partial charge on any atom is 0.238 e. The van der Waals surface area contributed by atoms with Crippen LogP contribution < -0.4 is 0 Å². The second-order valence-corrected chi connectivity index (χ2v) is 16.3. The van der Waals surface area contributed by atoms with Crippen molar-refractivity contribution >= 4 is 71.3 Å². The minimum Gasteiger partial charge on any atom is -0.456 e. The molecule has 0 aliphatic heterocycles. The molecule has 1 unspecified atom stereocenters. The molecule has 6 nitrogen and oxygen atoms in total. The Hall–Kier alpha value is -8.35. The summed E-state index contributed by atoms with van der Waals surface area (Å²) >= 11 is 0. The van der Waals surface area contributed by atoms with Crippen molar-refractivity contribution in [3.05, 3.63) is 211 Å². The maximum absolute atomic E-state index is 6.77. The van der Waals surface area contributed by atoms with Gasteiger partial charge in [0.25, 0.3) is 0 Å². The highest BCUT2D eigenvalue weighted by Crippen LogP contribution is 2.43. The SMILES string of the molecule is C1=CC(c2ccccc2)=CC(c2cccc3oc4cc(-c5nc(-c6ccccc6)nc(-n6c7ccccc7c7cc8c(cc76)oc6c(-c7ccccc7)cccc68)n5)ccc4c23)C1. The summed E-state index contributed by atoms with van der Waals surface area (Å²) in [7, 11) is 0. The van der Waals surface area contributed by atoms with Gasteiger partial charge in [0, 0.05) is 61.0 Å². The Morgan fingerprint density at radius 2 is 1.16 bits per heavy atom. The van der Waals surface area contributed by atoms with Gasteiger partial charge in [-0.15, -0.1) is 0 Å². The van der Waals surface area contributed by atoms with Gasteiger partial charge in [-0.1, -0.05) is 164 Å². The van der Waals surface area contributed by atoms with Crippen LogP contribution in [0.2, 0.25) is 0 Å². The van der Waals surface area contributed by atoms with Crippen LogP contribution >= 0.6 is 0 Å². The number of nitrogens with zero attached hydrogens (tertiary/aromatic N) is 4. The molecule has 63 heavy (non-hydrogen) atoms. The van der Waals surface area contributed by atoms with E-state index >= 15 is 0 Å². The minimum atomic E-state index is 0.215. The first-order valence-corrected chi connectivity index (χ1v) is 21.4. The van der Waals surface area contributed by atoms with Crippen molar-refractivity contribution in [2.75, 3.05) is 0 Å². The molecule has 0 saturated heterocycles. The summed E-state index contributed by atoms with van der Waals surface area (Å²) in [6.45, 7) is 0. The minimum absolute atomic E-state index is 0.215. The fraction of sp³-hybridized carbons (Fsp3) is 0.0351. The number of hydrogen-bond donors (Lipinski definition) is 0. The number of para-hydroxylation sites is 2. The maximum atomic E-state index is 6.77. The van der Waals surface area contributed by atoms with Gasteiger partial charge in [-0.25, -0.2) is 4.98 Å². The summed E-state index contributed by atoms with van der Waals surface area (Å²) in [5, 5.41) is 6.55. The molecule has 1 atom stereocenters. The predicted octanol–water partition coefficient (Wildman–Crippen LogP) is 14.9. The van der Waals surface area contributed by atoms with Crippen LogP contribution in [0.4, 0.5) is 0 Å². The number of furan rings is 2. The Kier molecular flexibility index (Phi) is 7.93. The summed E-state index contributed by atoms with van der Waals surface area (Å²) in [5.41, 5.74) is 12.9. The first-order chi connectivity index (χ1) is 31.2. The van der Waals surface area contributed by atoms with Gasteiger partial charge in [0.15, 0.2) is 11.6 Å². The topological polar surface area (TPSA) is 69.9 Å². The number of rotatable bonds is 6. The predicted molar refractivity (Wildman–Crippen MR) is 256 cm³/mol. The average Bonchev–Trinajstić information content (AvgIpc) is 4.03. The van der Waals surface area contributed by atoms with Crippen molar-refractivity contribution in [3.63, 3.8) is 0 Å². The zero-order valence-electron chi connectivity index (χ0n) is 33.9. The lowest BCUT2D eigenvalue weighted by Gasteiger charge is -2.18. The fourth-order valence-corrected chi connectivity index (χ4v) is 9.65. The number of allylic oxidation sites excluding steroid dienone is 4. The molecule has 6 heteroatoms. The normalized spacial score (nSPS) is 14.2. The molecule has 0 radical (unpaired) electrons. The zero-order valence-corrected chi connectivity index (χ0v) is 33.9. The summed E-state index contributed by atoms with van der Waals surface area (Å²) in [4.78, 5) is 15.6. The van der Waals surface area contributed by atoms with E-state index in [1.54, 1.807) is 0 Å². The third-order valence-electron chi connectivity index (χ3n) is 12.6. The summed E-state index contributed by atoms with van der Waals surface area (Å²) in [6, 6.07) is 63.1. The highest BCUT2D eigenvalue weighted by atomic mass is 16.3. The summed E-state index contributed by atoms with van der Waals surface area (Å²) < 4.78 is 15.6. The van der Waals surface area contributed by atoms with Gasteiger partial charge in [-0.3, -0.25) is 4.57 Å². The van der Waals surface area contributed by atoms with E-state index < -0.39 is 0 Å². The van der Waals surface area contributed by atoms with E-state index in [-0.39, 0.29) is 5.92 Å². The fourth-order valence-electron chi connectivity index (χ4n) is 9.65. The first kappa shape index (κ1) is 35.4. The van der Waals surface area contributed by atoms with Crippen LogP contribution in [0, 0.1) is 0 Å². The third-order valence-corrected chi connectivity index (χ3v) is 12.6. The van der Waals surface area contributed by atoms with Crippen LogP contribution in [0.15, 0.2) is 209 Å². The highest BCUT2D eigenvalue weighted by molar-refractivity contribution is 6.18. The molecule has 296 valence electrons. The summed E-state index contributed by atoms with van der Waals surface area (Å²) in [5.74, 6) is 1.87. The smallest absolute Gasteiger partial charge is 0.238 e. The number of benzene rings is 8. The van der Waals surface area contributed by atoms with Gasteiger partial charge >= 0.3 is 0 Å². The largest absolute Gasteiger partial charge is 0.456 e. The van der Waals surface area contributed by atoms with Crippen LogP contribution in [0.1, 0.15) is 23.5 Å². The molecule has 1 aliphatic carbocycles. The van der Waals surface area contributed by atoms with Crippen LogP contribution in [0.5, 0.6) is 0 Å². The van der Waals surface area contributed by atoms with E-state index in [1.165, 1.54) is 16.7 Å². The molecule has 0 fully saturated rings. The van der Waals surface area contributed by atoms with Crippen molar-refractivity contribution in [1.82, 2.24) is 19.5 Å². The molecule has 0 N–H and O–H groups in total. The lowest BCUT2D eigenvalue weighted by atomic mass is 9.85. The second-order valence-electron chi connectivity index (χ2n) is 16.3. The Morgan fingerprint density at radius 3 is 1.98 bits per heavy atom. The van der Waals surface area contributed by atoms with Gasteiger partial charge in [-0.05, 0) is 59.0 Å². The lowest BCUT2D eigenvalue weighted by Crippen LogP contribution is -2.06. The van der Waals surface area contributed by atoms with Crippen molar-refractivity contribution < 1.29 is 8.83 Å². The molecule has 4 heterocycles. The van der Waals surface area contributed by atoms with Crippen molar-refractivity contribution in [3.8, 4) is 39.9 Å². The van der Waals surface area contributed by atoms with Gasteiger partial charge < -0.3 is 8.83 Å². The monoisotopic (exact) mass is 808 g/mol. The van der Waals surface area contributed by atoms with E-state index in [9.17, 15) is 0 Å². The lowest BCUT2D eigenvalue weighted by molar-refractivity contribution is 0.668. The van der Waals surface area contributed by atoms with Crippen LogP contribution in [0.25, 0.3) is 111 Å².